The number of carbonyl (C=O) groups is 1. The van der Waals surface area contributed by atoms with E-state index in [1.807, 2.05) is 0 Å². The van der Waals surface area contributed by atoms with E-state index in [0.29, 0.717) is 0 Å². The third-order valence-corrected chi connectivity index (χ3v) is 1.50. The number of aliphatic hydroxyl groups is 4. The molecule has 0 radical (unpaired) electrons. The summed E-state index contributed by atoms with van der Waals surface area (Å²) in [7, 11) is 0. The molecule has 0 saturated heterocycles. The summed E-state index contributed by atoms with van der Waals surface area (Å²) in [5.41, 5.74) is 0. The standard InChI is InChI=1S/C6H11NO6/c8-2-4(10)6(12)5(11)3(9)1-7-13/h2-6,9-12H,1H2/t3-,4+,5-,6-/m1/s1. The van der Waals surface area contributed by atoms with Crippen LogP contribution in [0.1, 0.15) is 0 Å². The smallest absolute Gasteiger partial charge is 0.151 e. The number of nitrogens with zero attached hydrogens (tertiary/aromatic N) is 1. The lowest BCUT2D eigenvalue weighted by molar-refractivity contribution is -0.132. The van der Waals surface area contributed by atoms with E-state index in [4.69, 9.17) is 20.4 Å². The fraction of sp³-hybridized carbons (Fsp3) is 0.833. The Bertz CT molecular complexity index is 175. The number of aliphatic hydroxyl groups excluding tert-OH is 4. The first-order valence-electron chi connectivity index (χ1n) is 3.51. The topological polar surface area (TPSA) is 127 Å². The van der Waals surface area contributed by atoms with Crippen molar-refractivity contribution in [2.45, 2.75) is 24.4 Å². The minimum Gasteiger partial charge on any atom is -0.388 e. The molecule has 0 heterocycles. The summed E-state index contributed by atoms with van der Waals surface area (Å²) < 4.78 is 0. The lowest BCUT2D eigenvalue weighted by atomic mass is 10.0. The number of hydrogen-bond acceptors (Lipinski definition) is 7. The van der Waals surface area contributed by atoms with E-state index in [2.05, 4.69) is 5.18 Å². The van der Waals surface area contributed by atoms with E-state index in [0.717, 1.165) is 0 Å². The lowest BCUT2D eigenvalue weighted by Crippen LogP contribution is -2.46. The van der Waals surface area contributed by atoms with Gasteiger partial charge in [-0.3, -0.25) is 0 Å². The van der Waals surface area contributed by atoms with Crippen LogP contribution in [0.4, 0.5) is 0 Å². The molecule has 0 saturated carbocycles. The second kappa shape index (κ2) is 5.70. The molecule has 0 aromatic carbocycles. The largest absolute Gasteiger partial charge is 0.388 e. The molecule has 0 bridgehead atoms. The molecule has 7 heteroatoms. The van der Waals surface area contributed by atoms with Crippen molar-refractivity contribution in [1.82, 2.24) is 0 Å². The summed E-state index contributed by atoms with van der Waals surface area (Å²) in [5, 5.41) is 37.9. The van der Waals surface area contributed by atoms with Crippen molar-refractivity contribution in [2.24, 2.45) is 5.18 Å². The van der Waals surface area contributed by atoms with Crippen LogP contribution in [-0.4, -0.2) is 57.7 Å². The first-order valence-corrected chi connectivity index (χ1v) is 3.51. The highest BCUT2D eigenvalue weighted by molar-refractivity contribution is 5.56. The highest BCUT2D eigenvalue weighted by Crippen LogP contribution is 2.04. The van der Waals surface area contributed by atoms with Gasteiger partial charge in [-0.25, -0.2) is 0 Å². The Morgan fingerprint density at radius 1 is 1.15 bits per heavy atom. The Labute approximate surface area is 73.6 Å². The van der Waals surface area contributed by atoms with E-state index < -0.39 is 31.0 Å². The van der Waals surface area contributed by atoms with Crippen LogP contribution >= 0.6 is 0 Å². The van der Waals surface area contributed by atoms with Crippen molar-refractivity contribution in [2.75, 3.05) is 6.54 Å². The summed E-state index contributed by atoms with van der Waals surface area (Å²) in [6, 6.07) is 0. The van der Waals surface area contributed by atoms with Gasteiger partial charge in [-0.15, -0.1) is 0 Å². The van der Waals surface area contributed by atoms with Gasteiger partial charge in [-0.1, -0.05) is 5.18 Å². The maximum Gasteiger partial charge on any atom is 0.151 e. The SMILES string of the molecule is O=C[C@H](O)[C@@H](O)[C@H](O)[C@H](O)CN=O. The predicted octanol–water partition coefficient (Wildman–Crippen LogP) is -2.60. The molecule has 4 N–H and O–H groups in total. The number of nitroso groups, excluding NO2 is 1. The van der Waals surface area contributed by atoms with Gasteiger partial charge >= 0.3 is 0 Å². The highest BCUT2D eigenvalue weighted by Gasteiger charge is 2.30. The maximum atomic E-state index is 9.94. The van der Waals surface area contributed by atoms with Crippen LogP contribution in [0.15, 0.2) is 5.18 Å². The van der Waals surface area contributed by atoms with Crippen molar-refractivity contribution in [3.63, 3.8) is 0 Å². The monoisotopic (exact) mass is 193 g/mol. The minimum absolute atomic E-state index is 0.00887. The molecule has 13 heavy (non-hydrogen) atoms. The molecule has 4 atom stereocenters. The van der Waals surface area contributed by atoms with Crippen molar-refractivity contribution in [1.29, 1.82) is 0 Å². The van der Waals surface area contributed by atoms with Crippen molar-refractivity contribution < 1.29 is 25.2 Å². The van der Waals surface area contributed by atoms with Crippen LogP contribution in [0.2, 0.25) is 0 Å². The van der Waals surface area contributed by atoms with E-state index >= 15 is 0 Å². The van der Waals surface area contributed by atoms with Gasteiger partial charge in [0, 0.05) is 0 Å². The second-order valence-corrected chi connectivity index (χ2v) is 2.49. The van der Waals surface area contributed by atoms with Crippen molar-refractivity contribution in [3.05, 3.63) is 4.91 Å². The summed E-state index contributed by atoms with van der Waals surface area (Å²) in [6.45, 7) is -0.621. The Morgan fingerprint density at radius 3 is 2.08 bits per heavy atom. The predicted molar refractivity (Wildman–Crippen MR) is 40.8 cm³/mol. The molecule has 0 aliphatic rings. The fourth-order valence-electron chi connectivity index (χ4n) is 0.694. The second-order valence-electron chi connectivity index (χ2n) is 2.49. The van der Waals surface area contributed by atoms with E-state index in [9.17, 15) is 9.70 Å². The van der Waals surface area contributed by atoms with Gasteiger partial charge in [-0.2, -0.15) is 4.91 Å². The average Bonchev–Trinajstić information content (AvgIpc) is 2.14. The summed E-state index contributed by atoms with van der Waals surface area (Å²) >= 11 is 0. The van der Waals surface area contributed by atoms with E-state index in [-0.39, 0.29) is 6.29 Å². The van der Waals surface area contributed by atoms with Crippen LogP contribution < -0.4 is 0 Å². The zero-order chi connectivity index (χ0) is 10.4. The van der Waals surface area contributed by atoms with Crippen LogP contribution in [-0.2, 0) is 4.79 Å². The van der Waals surface area contributed by atoms with Gasteiger partial charge < -0.3 is 25.2 Å². The van der Waals surface area contributed by atoms with E-state index in [1.54, 1.807) is 0 Å². The fourth-order valence-corrected chi connectivity index (χ4v) is 0.694. The molecule has 0 aromatic heterocycles. The van der Waals surface area contributed by atoms with Crippen LogP contribution in [0.5, 0.6) is 0 Å². The molecule has 0 aliphatic heterocycles. The highest BCUT2D eigenvalue weighted by atomic mass is 16.4. The Morgan fingerprint density at radius 2 is 1.69 bits per heavy atom. The average molecular weight is 193 g/mol. The molecule has 0 rings (SSSR count). The molecule has 7 nitrogen and oxygen atoms in total. The maximum absolute atomic E-state index is 9.94. The first-order chi connectivity index (χ1) is 6.04. The quantitative estimate of drug-likeness (QED) is 0.270. The zero-order valence-corrected chi connectivity index (χ0v) is 6.65. The third-order valence-electron chi connectivity index (χ3n) is 1.50. The van der Waals surface area contributed by atoms with Gasteiger partial charge in [-0.05, 0) is 0 Å². The number of aldehydes is 1. The first kappa shape index (κ1) is 12.1. The molecule has 76 valence electrons. The summed E-state index contributed by atoms with van der Waals surface area (Å²) in [5.74, 6) is 0. The molecule has 0 aliphatic carbocycles. The van der Waals surface area contributed by atoms with Crippen LogP contribution in [0.25, 0.3) is 0 Å². The molecule has 0 fully saturated rings. The summed E-state index contributed by atoms with van der Waals surface area (Å²) in [6.07, 6.45) is -6.99. The molecule has 0 aromatic rings. The Kier molecular flexibility index (Phi) is 5.31. The van der Waals surface area contributed by atoms with Gasteiger partial charge in [0.15, 0.2) is 6.29 Å². The van der Waals surface area contributed by atoms with Gasteiger partial charge in [0.2, 0.25) is 0 Å². The van der Waals surface area contributed by atoms with Gasteiger partial charge in [0.1, 0.15) is 31.0 Å². The van der Waals surface area contributed by atoms with Gasteiger partial charge in [0.05, 0.1) is 0 Å². The molecule has 0 unspecified atom stereocenters. The number of hydrogen-bond donors (Lipinski definition) is 4. The Balaban J connectivity index is 4.14. The zero-order valence-electron chi connectivity index (χ0n) is 6.65. The van der Waals surface area contributed by atoms with E-state index in [1.165, 1.54) is 0 Å². The van der Waals surface area contributed by atoms with Crippen LogP contribution in [0.3, 0.4) is 0 Å². The summed E-state index contributed by atoms with van der Waals surface area (Å²) in [4.78, 5) is 19.6. The number of carbonyl (C=O) groups excluding carboxylic acids is 1. The van der Waals surface area contributed by atoms with Crippen LogP contribution in [0, 0.1) is 4.91 Å². The Hall–Kier alpha value is -0.890. The molecular formula is C6H11NO6. The normalized spacial score (nSPS) is 20.0. The molecule has 0 amide bonds. The minimum atomic E-state index is -1.82. The van der Waals surface area contributed by atoms with Crippen molar-refractivity contribution in [3.8, 4) is 0 Å². The lowest BCUT2D eigenvalue weighted by Gasteiger charge is -2.22. The third kappa shape index (κ3) is 3.55. The van der Waals surface area contributed by atoms with Crippen molar-refractivity contribution >= 4 is 6.29 Å². The molecular weight excluding hydrogens is 182 g/mol. The number of rotatable bonds is 6. The van der Waals surface area contributed by atoms with Gasteiger partial charge in [0.25, 0.3) is 0 Å². The molecule has 0 spiro atoms.